The van der Waals surface area contributed by atoms with Crippen LogP contribution in [-0.4, -0.2) is 10.2 Å². The lowest BCUT2D eigenvalue weighted by Gasteiger charge is -2.09. The zero-order valence-corrected chi connectivity index (χ0v) is 9.87. The smallest absolute Gasteiger partial charge is 0.139 e. The highest BCUT2D eigenvalue weighted by Gasteiger charge is 2.13. The van der Waals surface area contributed by atoms with Crippen LogP contribution in [-0.2, 0) is 6.54 Å². The van der Waals surface area contributed by atoms with Gasteiger partial charge in [0, 0.05) is 11.1 Å². The number of nitriles is 1. The highest BCUT2D eigenvalue weighted by atomic mass is 16.3. The maximum atomic E-state index is 10.2. The standard InChI is InChI=1S/C14H10N2O3/c15-7-13-12(9-1-4-11(17)5-2-9)6-3-10(8-16-19)14(13)18/h1-6,17-18H,8H2. The van der Waals surface area contributed by atoms with E-state index in [1.807, 2.05) is 6.07 Å². The minimum absolute atomic E-state index is 0.0897. The van der Waals surface area contributed by atoms with E-state index in [0.29, 0.717) is 16.7 Å². The van der Waals surface area contributed by atoms with E-state index in [4.69, 9.17) is 5.26 Å². The van der Waals surface area contributed by atoms with Crippen LogP contribution in [0.5, 0.6) is 11.5 Å². The Bertz CT molecular complexity index is 658. The van der Waals surface area contributed by atoms with Gasteiger partial charge in [0.1, 0.15) is 29.7 Å². The molecule has 2 aromatic rings. The summed E-state index contributed by atoms with van der Waals surface area (Å²) >= 11 is 0. The Hall–Kier alpha value is -2.87. The van der Waals surface area contributed by atoms with Crippen LogP contribution in [0.3, 0.4) is 0 Å². The van der Waals surface area contributed by atoms with Gasteiger partial charge >= 0.3 is 0 Å². The van der Waals surface area contributed by atoms with Crippen molar-refractivity contribution >= 4 is 0 Å². The summed E-state index contributed by atoms with van der Waals surface area (Å²) in [4.78, 5) is 10.2. The SMILES string of the molecule is N#Cc1c(-c2ccc(O)cc2)ccc(CN=O)c1O. The fourth-order valence-electron chi connectivity index (χ4n) is 1.83. The maximum absolute atomic E-state index is 10.2. The highest BCUT2D eigenvalue weighted by Crippen LogP contribution is 2.33. The van der Waals surface area contributed by atoms with Crippen molar-refractivity contribution in [1.82, 2.24) is 0 Å². The molecule has 0 fully saturated rings. The van der Waals surface area contributed by atoms with Gasteiger partial charge in [-0.3, -0.25) is 0 Å². The lowest BCUT2D eigenvalue weighted by Crippen LogP contribution is -1.90. The van der Waals surface area contributed by atoms with Gasteiger partial charge < -0.3 is 10.2 Å². The zero-order valence-electron chi connectivity index (χ0n) is 9.87. The van der Waals surface area contributed by atoms with Gasteiger partial charge in [-0.2, -0.15) is 10.2 Å². The maximum Gasteiger partial charge on any atom is 0.139 e. The largest absolute Gasteiger partial charge is 0.508 e. The molecule has 0 unspecified atom stereocenters. The van der Waals surface area contributed by atoms with E-state index in [9.17, 15) is 15.1 Å². The highest BCUT2D eigenvalue weighted by molar-refractivity contribution is 5.75. The molecule has 5 nitrogen and oxygen atoms in total. The number of hydrogen-bond acceptors (Lipinski definition) is 5. The van der Waals surface area contributed by atoms with Gasteiger partial charge in [0.05, 0.1) is 0 Å². The molecule has 0 aliphatic carbocycles. The number of phenols is 2. The summed E-state index contributed by atoms with van der Waals surface area (Å²) in [5.41, 5.74) is 1.63. The number of phenolic OH excluding ortho intramolecular Hbond substituents is 2. The van der Waals surface area contributed by atoms with E-state index >= 15 is 0 Å². The number of nitrogens with zero attached hydrogens (tertiary/aromatic N) is 2. The van der Waals surface area contributed by atoms with Gasteiger partial charge in [-0.1, -0.05) is 29.4 Å². The fourth-order valence-corrected chi connectivity index (χ4v) is 1.83. The van der Waals surface area contributed by atoms with Crippen molar-refractivity contribution in [3.05, 3.63) is 52.4 Å². The molecule has 0 spiro atoms. The Kier molecular flexibility index (Phi) is 3.44. The third-order valence-corrected chi connectivity index (χ3v) is 2.79. The molecule has 0 heterocycles. The van der Waals surface area contributed by atoms with Crippen LogP contribution in [0.4, 0.5) is 0 Å². The Morgan fingerprint density at radius 2 is 1.79 bits per heavy atom. The topological polar surface area (TPSA) is 93.7 Å². The third kappa shape index (κ3) is 2.38. The molecule has 19 heavy (non-hydrogen) atoms. The normalized spacial score (nSPS) is 9.84. The van der Waals surface area contributed by atoms with Crippen molar-refractivity contribution in [1.29, 1.82) is 5.26 Å². The zero-order chi connectivity index (χ0) is 13.8. The van der Waals surface area contributed by atoms with Crippen LogP contribution in [0.15, 0.2) is 41.6 Å². The van der Waals surface area contributed by atoms with E-state index in [1.54, 1.807) is 24.3 Å². The predicted molar refractivity (Wildman–Crippen MR) is 69.4 cm³/mol. The Morgan fingerprint density at radius 3 is 2.37 bits per heavy atom. The van der Waals surface area contributed by atoms with Gasteiger partial charge in [0.15, 0.2) is 0 Å². The summed E-state index contributed by atoms with van der Waals surface area (Å²) in [7, 11) is 0. The Labute approximate surface area is 109 Å². The average Bonchev–Trinajstić information content (AvgIpc) is 2.42. The van der Waals surface area contributed by atoms with Crippen molar-refractivity contribution < 1.29 is 10.2 Å². The summed E-state index contributed by atoms with van der Waals surface area (Å²) in [6.07, 6.45) is 0. The van der Waals surface area contributed by atoms with Crippen molar-refractivity contribution in [2.45, 2.75) is 6.54 Å². The molecule has 94 valence electrons. The number of benzene rings is 2. The molecule has 0 saturated carbocycles. The lowest BCUT2D eigenvalue weighted by molar-refractivity contribution is 0.467. The molecule has 5 heteroatoms. The second kappa shape index (κ2) is 5.19. The minimum Gasteiger partial charge on any atom is -0.508 e. The van der Waals surface area contributed by atoms with Crippen LogP contribution < -0.4 is 0 Å². The van der Waals surface area contributed by atoms with Crippen LogP contribution in [0.25, 0.3) is 11.1 Å². The molecule has 2 aromatic carbocycles. The second-order valence-electron chi connectivity index (χ2n) is 3.94. The molecular formula is C14H10N2O3. The summed E-state index contributed by atoms with van der Waals surface area (Å²) in [5, 5.41) is 31.0. The van der Waals surface area contributed by atoms with Crippen LogP contribution in [0.1, 0.15) is 11.1 Å². The third-order valence-electron chi connectivity index (χ3n) is 2.79. The Morgan fingerprint density at radius 1 is 1.11 bits per heavy atom. The first kappa shape index (κ1) is 12.6. The van der Waals surface area contributed by atoms with E-state index < -0.39 is 0 Å². The van der Waals surface area contributed by atoms with Gasteiger partial charge in [-0.05, 0) is 17.7 Å². The Balaban J connectivity index is 2.59. The summed E-state index contributed by atoms with van der Waals surface area (Å²) < 4.78 is 0. The molecule has 0 aromatic heterocycles. The van der Waals surface area contributed by atoms with Gasteiger partial charge in [0.2, 0.25) is 0 Å². The van der Waals surface area contributed by atoms with Crippen molar-refractivity contribution in [3.8, 4) is 28.7 Å². The average molecular weight is 254 g/mol. The quantitative estimate of drug-likeness (QED) is 0.823. The molecular weight excluding hydrogens is 244 g/mol. The lowest BCUT2D eigenvalue weighted by atomic mass is 9.97. The minimum atomic E-state index is -0.229. The number of aromatic hydroxyl groups is 2. The van der Waals surface area contributed by atoms with Gasteiger partial charge in [-0.15, -0.1) is 0 Å². The first-order chi connectivity index (χ1) is 9.17. The number of nitroso groups, excluding NO2 is 1. The number of rotatable bonds is 3. The van der Waals surface area contributed by atoms with E-state index in [2.05, 4.69) is 5.18 Å². The molecule has 2 N–H and O–H groups in total. The number of hydrogen-bond donors (Lipinski definition) is 2. The molecule has 0 atom stereocenters. The molecule has 0 aliphatic rings. The predicted octanol–water partition coefficient (Wildman–Crippen LogP) is 2.90. The van der Waals surface area contributed by atoms with Crippen molar-refractivity contribution in [2.24, 2.45) is 5.18 Å². The molecule has 0 saturated heterocycles. The first-order valence-electron chi connectivity index (χ1n) is 5.51. The van der Waals surface area contributed by atoms with E-state index in [-0.39, 0.29) is 23.6 Å². The van der Waals surface area contributed by atoms with E-state index in [0.717, 1.165) is 0 Å². The van der Waals surface area contributed by atoms with Gasteiger partial charge in [0.25, 0.3) is 0 Å². The molecule has 0 amide bonds. The van der Waals surface area contributed by atoms with Crippen molar-refractivity contribution in [2.75, 3.05) is 0 Å². The summed E-state index contributed by atoms with van der Waals surface area (Å²) in [6, 6.07) is 11.4. The van der Waals surface area contributed by atoms with E-state index in [1.165, 1.54) is 12.1 Å². The molecule has 0 bridgehead atoms. The fraction of sp³-hybridized carbons (Fsp3) is 0.0714. The van der Waals surface area contributed by atoms with Crippen LogP contribution in [0.2, 0.25) is 0 Å². The van der Waals surface area contributed by atoms with Crippen molar-refractivity contribution in [3.63, 3.8) is 0 Å². The second-order valence-corrected chi connectivity index (χ2v) is 3.94. The molecule has 0 radical (unpaired) electrons. The van der Waals surface area contributed by atoms with Crippen LogP contribution >= 0.6 is 0 Å². The summed E-state index contributed by atoms with van der Waals surface area (Å²) in [5.74, 6) is -0.110. The first-order valence-corrected chi connectivity index (χ1v) is 5.51. The molecule has 2 rings (SSSR count). The summed E-state index contributed by atoms with van der Waals surface area (Å²) in [6.45, 7) is -0.184. The van der Waals surface area contributed by atoms with Crippen LogP contribution in [0, 0.1) is 16.2 Å². The monoisotopic (exact) mass is 254 g/mol. The molecule has 0 aliphatic heterocycles. The van der Waals surface area contributed by atoms with Gasteiger partial charge in [-0.25, -0.2) is 0 Å².